The molecule has 0 unspecified atom stereocenters. The molecule has 0 spiro atoms. The van der Waals surface area contributed by atoms with Crippen molar-refractivity contribution in [1.82, 2.24) is 19.4 Å². The van der Waals surface area contributed by atoms with Crippen molar-refractivity contribution in [2.24, 2.45) is 5.92 Å². The molecule has 2 heterocycles. The maximum absolute atomic E-state index is 12.1. The largest absolute Gasteiger partial charge is 0.356 e. The van der Waals surface area contributed by atoms with Crippen molar-refractivity contribution in [2.75, 3.05) is 25.9 Å². The van der Waals surface area contributed by atoms with Gasteiger partial charge in [0.2, 0.25) is 15.9 Å². The lowest BCUT2D eigenvalue weighted by atomic mass is 9.97. The van der Waals surface area contributed by atoms with E-state index in [1.165, 1.54) is 21.3 Å². The van der Waals surface area contributed by atoms with E-state index in [-0.39, 0.29) is 17.4 Å². The van der Waals surface area contributed by atoms with Gasteiger partial charge in [0.1, 0.15) is 0 Å². The minimum absolute atomic E-state index is 0.0495. The molecule has 128 valence electrons. The first kappa shape index (κ1) is 17.6. The molecular formula is C14H22N4O4S. The van der Waals surface area contributed by atoms with Gasteiger partial charge in [0, 0.05) is 44.4 Å². The number of carbonyl (C=O) groups excluding carboxylic acids is 1. The van der Waals surface area contributed by atoms with Crippen LogP contribution in [0.25, 0.3) is 0 Å². The number of hydrogen-bond donors (Lipinski definition) is 1. The Hall–Kier alpha value is -1.74. The zero-order chi connectivity index (χ0) is 16.9. The van der Waals surface area contributed by atoms with Crippen LogP contribution in [0.5, 0.6) is 0 Å². The highest BCUT2D eigenvalue weighted by Gasteiger charge is 2.28. The van der Waals surface area contributed by atoms with Crippen molar-refractivity contribution in [3.8, 4) is 0 Å². The summed E-state index contributed by atoms with van der Waals surface area (Å²) in [5.41, 5.74) is -0.160. The molecule has 0 atom stereocenters. The average Bonchev–Trinajstić information content (AvgIpc) is 2.52. The first-order valence-electron chi connectivity index (χ1n) is 7.63. The average molecular weight is 342 g/mol. The van der Waals surface area contributed by atoms with Gasteiger partial charge in [0.25, 0.3) is 5.56 Å². The zero-order valence-electron chi connectivity index (χ0n) is 13.1. The van der Waals surface area contributed by atoms with Crippen molar-refractivity contribution >= 4 is 15.9 Å². The molecule has 1 aliphatic heterocycles. The molecule has 0 radical (unpaired) electrons. The molecule has 0 aliphatic carbocycles. The van der Waals surface area contributed by atoms with E-state index in [1.54, 1.807) is 12.3 Å². The number of sulfonamides is 1. The Morgan fingerprint density at radius 1 is 1.39 bits per heavy atom. The van der Waals surface area contributed by atoms with E-state index in [9.17, 15) is 18.0 Å². The molecule has 1 aliphatic rings. The predicted octanol–water partition coefficient (Wildman–Crippen LogP) is -0.579. The third-order valence-corrected chi connectivity index (χ3v) is 5.23. The van der Waals surface area contributed by atoms with E-state index in [4.69, 9.17) is 0 Å². The van der Waals surface area contributed by atoms with Crippen LogP contribution in [0, 0.1) is 5.92 Å². The number of amides is 1. The van der Waals surface area contributed by atoms with Crippen LogP contribution in [0.2, 0.25) is 0 Å². The molecule has 2 rings (SSSR count). The van der Waals surface area contributed by atoms with Gasteiger partial charge < -0.3 is 5.32 Å². The Balaban J connectivity index is 1.70. The summed E-state index contributed by atoms with van der Waals surface area (Å²) in [5, 5.41) is 6.79. The first-order chi connectivity index (χ1) is 10.9. The normalized spacial score (nSPS) is 17.1. The quantitative estimate of drug-likeness (QED) is 0.697. The van der Waals surface area contributed by atoms with Crippen molar-refractivity contribution in [1.29, 1.82) is 0 Å². The van der Waals surface area contributed by atoms with Gasteiger partial charge in [-0.1, -0.05) is 0 Å². The van der Waals surface area contributed by atoms with Gasteiger partial charge in [-0.05, 0) is 25.3 Å². The van der Waals surface area contributed by atoms with Crippen LogP contribution in [0.4, 0.5) is 0 Å². The third kappa shape index (κ3) is 5.14. The smallest absolute Gasteiger partial charge is 0.266 e. The number of nitrogens with one attached hydrogen (secondary N) is 1. The fraction of sp³-hybridized carbons (Fsp3) is 0.643. The molecular weight excluding hydrogens is 320 g/mol. The minimum atomic E-state index is -3.17. The molecule has 1 amide bonds. The highest BCUT2D eigenvalue weighted by molar-refractivity contribution is 7.88. The number of rotatable bonds is 6. The van der Waals surface area contributed by atoms with Crippen LogP contribution < -0.4 is 10.9 Å². The number of aryl methyl sites for hydroxylation is 1. The van der Waals surface area contributed by atoms with Gasteiger partial charge in [-0.2, -0.15) is 5.10 Å². The van der Waals surface area contributed by atoms with Gasteiger partial charge in [-0.3, -0.25) is 9.59 Å². The van der Waals surface area contributed by atoms with Crippen LogP contribution in [0.3, 0.4) is 0 Å². The highest BCUT2D eigenvalue weighted by Crippen LogP contribution is 2.19. The van der Waals surface area contributed by atoms with Crippen LogP contribution in [0.15, 0.2) is 23.1 Å². The maximum atomic E-state index is 12.1. The van der Waals surface area contributed by atoms with Crippen molar-refractivity contribution < 1.29 is 13.2 Å². The summed E-state index contributed by atoms with van der Waals surface area (Å²) in [6, 6.07) is 3.03. The fourth-order valence-corrected chi connectivity index (χ4v) is 3.46. The minimum Gasteiger partial charge on any atom is -0.356 e. The summed E-state index contributed by atoms with van der Waals surface area (Å²) in [6.07, 6.45) is 4.44. The standard InChI is InChI=1S/C14H22N4O4S/c1-23(21,22)17-10-5-12(6-11-17)14(20)15-7-3-9-18-13(19)4-2-8-16-18/h2,4,8,12H,3,5-7,9-11H2,1H3,(H,15,20). The Kier molecular flexibility index (Phi) is 5.89. The molecule has 8 nitrogen and oxygen atoms in total. The van der Waals surface area contributed by atoms with E-state index >= 15 is 0 Å². The van der Waals surface area contributed by atoms with Crippen molar-refractivity contribution in [3.63, 3.8) is 0 Å². The second-order valence-corrected chi connectivity index (χ2v) is 7.65. The molecule has 1 fully saturated rings. The summed E-state index contributed by atoms with van der Waals surface area (Å²) in [5.74, 6) is -0.197. The Morgan fingerprint density at radius 2 is 2.09 bits per heavy atom. The fourth-order valence-electron chi connectivity index (χ4n) is 2.59. The van der Waals surface area contributed by atoms with Gasteiger partial charge >= 0.3 is 0 Å². The highest BCUT2D eigenvalue weighted by atomic mass is 32.2. The van der Waals surface area contributed by atoms with Gasteiger partial charge in [0.15, 0.2) is 0 Å². The molecule has 1 N–H and O–H groups in total. The Morgan fingerprint density at radius 3 is 2.70 bits per heavy atom. The van der Waals surface area contributed by atoms with Crippen molar-refractivity contribution in [3.05, 3.63) is 28.7 Å². The number of aromatic nitrogens is 2. The van der Waals surface area contributed by atoms with E-state index in [1.807, 2.05) is 0 Å². The summed E-state index contributed by atoms with van der Waals surface area (Å²) < 4.78 is 25.6. The molecule has 0 bridgehead atoms. The van der Waals surface area contributed by atoms with Gasteiger partial charge in [-0.25, -0.2) is 17.4 Å². The van der Waals surface area contributed by atoms with E-state index in [2.05, 4.69) is 10.4 Å². The molecule has 1 aromatic rings. The zero-order valence-corrected chi connectivity index (χ0v) is 14.0. The SMILES string of the molecule is CS(=O)(=O)N1CCC(C(=O)NCCCn2ncccc2=O)CC1. The van der Waals surface area contributed by atoms with Crippen LogP contribution in [0.1, 0.15) is 19.3 Å². The third-order valence-electron chi connectivity index (χ3n) is 3.92. The van der Waals surface area contributed by atoms with Gasteiger partial charge in [-0.15, -0.1) is 0 Å². The topological polar surface area (TPSA) is 101 Å². The number of hydrogen-bond acceptors (Lipinski definition) is 5. The lowest BCUT2D eigenvalue weighted by Gasteiger charge is -2.29. The Bertz CT molecular complexity index is 693. The number of nitrogens with zero attached hydrogens (tertiary/aromatic N) is 3. The van der Waals surface area contributed by atoms with Gasteiger partial charge in [0.05, 0.1) is 6.26 Å². The Labute approximate surface area is 135 Å². The van der Waals surface area contributed by atoms with Crippen LogP contribution in [-0.4, -0.2) is 54.3 Å². The van der Waals surface area contributed by atoms with E-state index < -0.39 is 10.0 Å². The van der Waals surface area contributed by atoms with E-state index in [0.717, 1.165) is 0 Å². The summed E-state index contributed by atoms with van der Waals surface area (Å²) in [6.45, 7) is 1.70. The number of piperidine rings is 1. The molecule has 1 saturated heterocycles. The molecule has 23 heavy (non-hydrogen) atoms. The first-order valence-corrected chi connectivity index (χ1v) is 9.48. The number of carbonyl (C=O) groups is 1. The predicted molar refractivity (Wildman–Crippen MR) is 85.3 cm³/mol. The maximum Gasteiger partial charge on any atom is 0.266 e. The van der Waals surface area contributed by atoms with Crippen LogP contribution >= 0.6 is 0 Å². The molecule has 1 aromatic heterocycles. The molecule has 9 heteroatoms. The summed E-state index contributed by atoms with van der Waals surface area (Å²) >= 11 is 0. The lowest BCUT2D eigenvalue weighted by Crippen LogP contribution is -2.42. The summed E-state index contributed by atoms with van der Waals surface area (Å²) in [4.78, 5) is 23.5. The van der Waals surface area contributed by atoms with E-state index in [0.29, 0.717) is 45.4 Å². The second kappa shape index (κ2) is 7.69. The summed E-state index contributed by atoms with van der Waals surface area (Å²) in [7, 11) is -3.17. The monoisotopic (exact) mass is 342 g/mol. The molecule has 0 saturated carbocycles. The van der Waals surface area contributed by atoms with Crippen molar-refractivity contribution in [2.45, 2.75) is 25.8 Å². The second-order valence-electron chi connectivity index (χ2n) is 5.67. The lowest BCUT2D eigenvalue weighted by molar-refractivity contribution is -0.126. The molecule has 0 aromatic carbocycles. The van der Waals surface area contributed by atoms with Crippen LogP contribution in [-0.2, 0) is 21.4 Å².